The van der Waals surface area contributed by atoms with Gasteiger partial charge in [-0.05, 0) is 191 Å². The van der Waals surface area contributed by atoms with E-state index in [1.165, 1.54) is 17.1 Å². The second-order valence-electron chi connectivity index (χ2n) is 30.2. The average molecular weight is 1640 g/mol. The fourth-order valence-corrected chi connectivity index (χ4v) is 16.5. The maximum atomic E-state index is 13.6. The zero-order valence-corrected chi connectivity index (χ0v) is 69.7. The lowest BCUT2D eigenvalue weighted by Gasteiger charge is -2.34. The van der Waals surface area contributed by atoms with Crippen molar-refractivity contribution in [1.29, 1.82) is 0 Å². The molecule has 18 rings (SSSR count). The van der Waals surface area contributed by atoms with Gasteiger partial charge >= 0.3 is 0 Å². The van der Waals surface area contributed by atoms with Crippen LogP contribution in [-0.2, 0) is 19.6 Å². The fourth-order valence-electron chi connectivity index (χ4n) is 15.6. The molecule has 0 spiro atoms. The Hall–Kier alpha value is -12.3. The SMILES string of the molecule is CCn1c(=O)c(-c2ccc(-c3ccccc3)cc2Cl)cc2cnc(Nc3ccc(N4CCN(C)CC4)cc3)nc21.CCn1c(=O)c(-c2ccc(-c3ccccc3)cc2Cl)cc2cnc(Nc3ccc(N4CCN(C)CC4)cc3)nc21.CCn1c(=O)c(-c2ccc(C3=CCC=C3)cc2Cl)cc2cnc(Nc3ccc(N4CCN(C)CC4)cc3)nc21. The number of nitrogens with one attached hydrogen (secondary N) is 3. The van der Waals surface area contributed by atoms with Crippen molar-refractivity contribution in [3.8, 4) is 55.6 Å². The van der Waals surface area contributed by atoms with Gasteiger partial charge in [0.15, 0.2) is 0 Å². The van der Waals surface area contributed by atoms with Crippen molar-refractivity contribution in [1.82, 2.24) is 58.3 Å². The molecule has 602 valence electrons. The molecule has 0 saturated carbocycles. The summed E-state index contributed by atoms with van der Waals surface area (Å²) in [6.45, 7) is 19.8. The number of likely N-dealkylation sites (N-methyl/N-ethyl adjacent to an activating group) is 3. The largest absolute Gasteiger partial charge is 0.369 e. The monoisotopic (exact) mass is 1640 g/mol. The number of allylic oxidation sites excluding steroid dienone is 4. The predicted octanol–water partition coefficient (Wildman–Crippen LogP) is 18.6. The van der Waals surface area contributed by atoms with Gasteiger partial charge in [0.05, 0.1) is 0 Å². The molecular weight excluding hydrogens is 1550 g/mol. The van der Waals surface area contributed by atoms with E-state index < -0.39 is 0 Å². The molecule has 119 heavy (non-hydrogen) atoms. The van der Waals surface area contributed by atoms with E-state index >= 15 is 0 Å². The minimum atomic E-state index is -0.134. The molecule has 0 unspecified atom stereocenters. The molecule has 21 nitrogen and oxygen atoms in total. The van der Waals surface area contributed by atoms with Gasteiger partial charge in [-0.25, -0.2) is 15.0 Å². The highest BCUT2D eigenvalue weighted by Gasteiger charge is 2.23. The van der Waals surface area contributed by atoms with Gasteiger partial charge in [0.25, 0.3) is 16.7 Å². The standard InChI is InChI=1S/2C32H31ClN6O.C31H31ClN6O/c2*1-3-39-30-24(19-28(31(39)40)27-14-9-23(20-29(27)33)22-7-5-4-6-8-22)21-34-32(36-30)35-25-10-12-26(13-11-25)38-17-15-37(2)16-18-38;1-3-38-29-23(18-27(30(38)39)26-13-8-22(19-28(26)32)21-6-4-5-7-21)20-33-31(35-29)34-24-9-11-25(12-10-24)37-16-14-36(2)15-17-37/h2*4-14,19-21H,3,15-18H2,1-2H3,(H,34,35,36);4,6-13,18-20H,3,5,14-17H2,1-2H3,(H,33,34,35). The van der Waals surface area contributed by atoms with E-state index in [1.807, 2.05) is 191 Å². The van der Waals surface area contributed by atoms with Gasteiger partial charge < -0.3 is 45.3 Å². The highest BCUT2D eigenvalue weighted by molar-refractivity contribution is 6.34. The van der Waals surface area contributed by atoms with E-state index in [2.05, 4.69) is 136 Å². The van der Waals surface area contributed by atoms with Crippen molar-refractivity contribution in [3.05, 3.63) is 295 Å². The molecule has 3 fully saturated rings. The zero-order chi connectivity index (χ0) is 82.2. The molecule has 0 amide bonds. The van der Waals surface area contributed by atoms with E-state index in [4.69, 9.17) is 49.8 Å². The molecule has 0 radical (unpaired) electrons. The third-order valence-corrected chi connectivity index (χ3v) is 23.4. The van der Waals surface area contributed by atoms with Crippen molar-refractivity contribution in [2.45, 2.75) is 46.8 Å². The minimum Gasteiger partial charge on any atom is -0.369 e. The van der Waals surface area contributed by atoms with Crippen LogP contribution in [0.5, 0.6) is 0 Å². The van der Waals surface area contributed by atoms with E-state index in [0.29, 0.717) is 103 Å². The first kappa shape index (κ1) is 80.5. The van der Waals surface area contributed by atoms with Crippen LogP contribution in [0.1, 0.15) is 32.8 Å². The van der Waals surface area contributed by atoms with Crippen LogP contribution in [0.25, 0.3) is 94.3 Å². The first-order chi connectivity index (χ1) is 58.0. The number of halogens is 3. The summed E-state index contributed by atoms with van der Waals surface area (Å²) < 4.78 is 5.03. The van der Waals surface area contributed by atoms with Gasteiger partial charge in [0.1, 0.15) is 16.9 Å². The second kappa shape index (κ2) is 36.3. The van der Waals surface area contributed by atoms with Crippen LogP contribution >= 0.6 is 34.8 Å². The number of hydrogen-bond acceptors (Lipinski definition) is 18. The van der Waals surface area contributed by atoms with Crippen molar-refractivity contribution >= 4 is 125 Å². The molecule has 3 saturated heterocycles. The number of anilines is 9. The minimum absolute atomic E-state index is 0.124. The molecule has 0 atom stereocenters. The molecule has 4 aliphatic rings. The molecule has 9 heterocycles. The summed E-state index contributed by atoms with van der Waals surface area (Å²) >= 11 is 20.1. The van der Waals surface area contributed by atoms with Crippen LogP contribution in [0.3, 0.4) is 0 Å². The lowest BCUT2D eigenvalue weighted by atomic mass is 10.0. The average Bonchev–Trinajstić information content (AvgIpc) is 0.859. The van der Waals surface area contributed by atoms with Crippen molar-refractivity contribution in [3.63, 3.8) is 0 Å². The molecular formula is C95H93Cl3N18O3. The first-order valence-electron chi connectivity index (χ1n) is 40.5. The Bertz CT molecular complexity index is 6020. The lowest BCUT2D eigenvalue weighted by Crippen LogP contribution is -2.44. The van der Waals surface area contributed by atoms with Gasteiger partial charge in [0.2, 0.25) is 17.8 Å². The van der Waals surface area contributed by atoms with E-state index in [1.54, 1.807) is 32.3 Å². The van der Waals surface area contributed by atoms with Crippen molar-refractivity contribution in [2.24, 2.45) is 0 Å². The van der Waals surface area contributed by atoms with Gasteiger partial charge in [0, 0.05) is 215 Å². The van der Waals surface area contributed by atoms with E-state index in [-0.39, 0.29) is 16.7 Å². The smallest absolute Gasteiger partial charge is 0.260 e. The summed E-state index contributed by atoms with van der Waals surface area (Å²) in [5, 5.41) is 13.8. The van der Waals surface area contributed by atoms with Gasteiger partial charge in [-0.1, -0.05) is 150 Å². The Kier molecular flexibility index (Phi) is 24.5. The zero-order valence-electron chi connectivity index (χ0n) is 67.5. The van der Waals surface area contributed by atoms with Crippen LogP contribution < -0.4 is 47.3 Å². The first-order valence-corrected chi connectivity index (χ1v) is 41.6. The van der Waals surface area contributed by atoms with Crippen LogP contribution in [0.2, 0.25) is 15.1 Å². The Morgan fingerprint density at radius 2 is 0.639 bits per heavy atom. The van der Waals surface area contributed by atoms with E-state index in [9.17, 15) is 14.4 Å². The van der Waals surface area contributed by atoms with Crippen LogP contribution in [0.4, 0.5) is 52.0 Å². The maximum absolute atomic E-state index is 13.6. The Morgan fingerprint density at radius 3 is 0.924 bits per heavy atom. The molecule has 0 bridgehead atoms. The number of fused-ring (bicyclic) bond motifs is 3. The molecule has 3 aliphatic heterocycles. The fraction of sp³-hybridized carbons (Fsp3) is 0.232. The second-order valence-corrected chi connectivity index (χ2v) is 31.5. The third kappa shape index (κ3) is 18.1. The molecule has 3 N–H and O–H groups in total. The third-order valence-electron chi connectivity index (χ3n) is 22.5. The molecule has 8 aromatic carbocycles. The van der Waals surface area contributed by atoms with Gasteiger partial charge in [-0.15, -0.1) is 0 Å². The quantitative estimate of drug-likeness (QED) is 0.0732. The van der Waals surface area contributed by atoms with Crippen LogP contribution in [0, 0.1) is 0 Å². The number of benzene rings is 8. The molecule has 6 aromatic heterocycles. The Balaban J connectivity index is 0.000000133. The molecule has 14 aromatic rings. The van der Waals surface area contributed by atoms with Crippen molar-refractivity contribution in [2.75, 3.05) is 130 Å². The molecule has 24 heteroatoms. The maximum Gasteiger partial charge on any atom is 0.260 e. The lowest BCUT2D eigenvalue weighted by molar-refractivity contribution is 0.313. The number of piperazine rings is 3. The van der Waals surface area contributed by atoms with Gasteiger partial charge in [-0.3, -0.25) is 28.1 Å². The number of nitrogens with zero attached hydrogens (tertiary/aromatic N) is 15. The number of rotatable bonds is 18. The number of aromatic nitrogens is 9. The topological polar surface area (TPSA) is 199 Å². The molecule has 1 aliphatic carbocycles. The number of hydrogen-bond donors (Lipinski definition) is 3. The summed E-state index contributed by atoms with van der Waals surface area (Å²) in [5.74, 6) is 1.34. The van der Waals surface area contributed by atoms with Gasteiger partial charge in [-0.2, -0.15) is 15.0 Å². The summed E-state index contributed by atoms with van der Waals surface area (Å²) in [6.07, 6.45) is 12.6. The van der Waals surface area contributed by atoms with Crippen molar-refractivity contribution < 1.29 is 0 Å². The summed E-state index contributed by atoms with van der Waals surface area (Å²) in [6, 6.07) is 68.1. The van der Waals surface area contributed by atoms with Crippen LogP contribution in [0.15, 0.2) is 257 Å². The highest BCUT2D eigenvalue weighted by Crippen LogP contribution is 2.37. The summed E-state index contributed by atoms with van der Waals surface area (Å²) in [4.78, 5) is 82.9. The normalized spacial score (nSPS) is 14.6. The van der Waals surface area contributed by atoms with Crippen LogP contribution in [-0.4, -0.2) is 158 Å². The summed E-state index contributed by atoms with van der Waals surface area (Å²) in [5.41, 5.74) is 17.7. The number of aryl methyl sites for hydroxylation is 3. The Morgan fingerprint density at radius 1 is 0.336 bits per heavy atom. The highest BCUT2D eigenvalue weighted by atomic mass is 35.5. The van der Waals surface area contributed by atoms with E-state index in [0.717, 1.165) is 152 Å². The predicted molar refractivity (Wildman–Crippen MR) is 491 cm³/mol. The Labute approximate surface area is 706 Å². The summed E-state index contributed by atoms with van der Waals surface area (Å²) in [7, 11) is 6.47. The number of pyridine rings is 3.